The number of carbonyl (C=O) groups excluding carboxylic acids is 1. The Morgan fingerprint density at radius 1 is 1.38 bits per heavy atom. The van der Waals surface area contributed by atoms with Gasteiger partial charge >= 0.3 is 0 Å². The number of carbonyl (C=O) groups is 1. The lowest BCUT2D eigenvalue weighted by molar-refractivity contribution is -0.385. The van der Waals surface area contributed by atoms with Crippen LogP contribution in [0.5, 0.6) is 0 Å². The summed E-state index contributed by atoms with van der Waals surface area (Å²) >= 11 is 1.43. The lowest BCUT2D eigenvalue weighted by Crippen LogP contribution is -2.27. The van der Waals surface area contributed by atoms with E-state index in [-0.39, 0.29) is 0 Å². The molecule has 0 fully saturated rings. The van der Waals surface area contributed by atoms with Crippen molar-refractivity contribution in [3.63, 3.8) is 0 Å². The zero-order valence-corrected chi connectivity index (χ0v) is 11.6. The van der Waals surface area contributed by atoms with Crippen molar-refractivity contribution in [2.45, 2.75) is 13.0 Å². The maximum absolute atomic E-state index is 13.2. The van der Waals surface area contributed by atoms with Crippen molar-refractivity contribution in [1.82, 2.24) is 5.32 Å². The van der Waals surface area contributed by atoms with E-state index >= 15 is 0 Å². The predicted octanol–water partition coefficient (Wildman–Crippen LogP) is 3.43. The minimum atomic E-state index is -1.37. The van der Waals surface area contributed by atoms with Crippen LogP contribution in [-0.4, -0.2) is 10.8 Å². The minimum Gasteiger partial charge on any atom is -0.345 e. The van der Waals surface area contributed by atoms with Crippen LogP contribution < -0.4 is 5.32 Å². The third kappa shape index (κ3) is 3.22. The van der Waals surface area contributed by atoms with Crippen molar-refractivity contribution in [2.24, 2.45) is 0 Å². The molecule has 0 aliphatic heterocycles. The summed E-state index contributed by atoms with van der Waals surface area (Å²) in [6, 6.07) is 2.31. The van der Waals surface area contributed by atoms with Crippen LogP contribution in [0.15, 0.2) is 29.0 Å². The molecule has 1 heterocycles. The molecule has 0 aliphatic carbocycles. The van der Waals surface area contributed by atoms with Gasteiger partial charge in [0.05, 0.1) is 17.0 Å². The summed E-state index contributed by atoms with van der Waals surface area (Å²) in [5.74, 6) is -3.52. The van der Waals surface area contributed by atoms with Gasteiger partial charge in [-0.2, -0.15) is 11.3 Å². The molecule has 8 heteroatoms. The zero-order valence-electron chi connectivity index (χ0n) is 10.8. The van der Waals surface area contributed by atoms with Crippen molar-refractivity contribution in [2.75, 3.05) is 0 Å². The average molecular weight is 312 g/mol. The lowest BCUT2D eigenvalue weighted by atomic mass is 10.1. The summed E-state index contributed by atoms with van der Waals surface area (Å²) in [6.07, 6.45) is 0. The molecule has 5 nitrogen and oxygen atoms in total. The van der Waals surface area contributed by atoms with E-state index in [0.29, 0.717) is 12.1 Å². The monoisotopic (exact) mass is 312 g/mol. The van der Waals surface area contributed by atoms with E-state index in [0.717, 1.165) is 5.56 Å². The molecule has 1 amide bonds. The average Bonchev–Trinajstić information content (AvgIpc) is 2.95. The van der Waals surface area contributed by atoms with Crippen molar-refractivity contribution in [1.29, 1.82) is 0 Å². The number of hydrogen-bond acceptors (Lipinski definition) is 4. The van der Waals surface area contributed by atoms with Gasteiger partial charge in [-0.05, 0) is 35.4 Å². The van der Waals surface area contributed by atoms with Gasteiger partial charge in [-0.15, -0.1) is 0 Å². The molecule has 0 bridgehead atoms. The summed E-state index contributed by atoms with van der Waals surface area (Å²) in [4.78, 5) is 22.0. The fraction of sp³-hybridized carbons (Fsp3) is 0.154. The van der Waals surface area contributed by atoms with Crippen LogP contribution in [0.25, 0.3) is 0 Å². The molecular weight excluding hydrogens is 302 g/mol. The molecule has 110 valence electrons. The number of rotatable bonds is 4. The Bertz CT molecular complexity index is 689. The van der Waals surface area contributed by atoms with E-state index in [1.807, 2.05) is 10.8 Å². The molecule has 1 atom stereocenters. The van der Waals surface area contributed by atoms with Crippen LogP contribution in [0.1, 0.15) is 28.9 Å². The Labute approximate surface area is 122 Å². The van der Waals surface area contributed by atoms with E-state index in [9.17, 15) is 23.7 Å². The summed E-state index contributed by atoms with van der Waals surface area (Å²) in [6.45, 7) is 1.69. The lowest BCUT2D eigenvalue weighted by Gasteiger charge is -2.12. The normalized spacial score (nSPS) is 12.0. The number of hydrogen-bond donors (Lipinski definition) is 1. The Morgan fingerprint density at radius 2 is 2.05 bits per heavy atom. The summed E-state index contributed by atoms with van der Waals surface area (Å²) in [7, 11) is 0. The largest absolute Gasteiger partial charge is 0.345 e. The highest BCUT2D eigenvalue weighted by molar-refractivity contribution is 7.07. The van der Waals surface area contributed by atoms with Gasteiger partial charge in [0.15, 0.2) is 11.6 Å². The summed E-state index contributed by atoms with van der Waals surface area (Å²) in [5, 5.41) is 17.0. The molecule has 1 N–H and O–H groups in total. The number of nitro benzene ring substituents is 1. The SMILES string of the molecule is CC(NC(=O)c1cc(F)c(F)cc1[N+](=O)[O-])c1ccsc1. The smallest absolute Gasteiger partial charge is 0.285 e. The first-order chi connectivity index (χ1) is 9.90. The number of benzene rings is 1. The summed E-state index contributed by atoms with van der Waals surface area (Å²) in [5.41, 5.74) is -0.469. The molecule has 2 rings (SSSR count). The Hall–Kier alpha value is -2.35. The molecule has 0 saturated carbocycles. The highest BCUT2D eigenvalue weighted by atomic mass is 32.1. The van der Waals surface area contributed by atoms with E-state index in [1.165, 1.54) is 11.3 Å². The van der Waals surface area contributed by atoms with Gasteiger partial charge in [0.25, 0.3) is 11.6 Å². The highest BCUT2D eigenvalue weighted by Crippen LogP contribution is 2.23. The molecule has 0 radical (unpaired) electrons. The van der Waals surface area contributed by atoms with Crippen molar-refractivity contribution in [3.05, 3.63) is 61.8 Å². The topological polar surface area (TPSA) is 72.2 Å². The second-order valence-electron chi connectivity index (χ2n) is 4.29. The van der Waals surface area contributed by atoms with E-state index in [4.69, 9.17) is 0 Å². The Morgan fingerprint density at radius 3 is 2.62 bits per heavy atom. The Balaban J connectivity index is 2.30. The van der Waals surface area contributed by atoms with Crippen molar-refractivity contribution in [3.8, 4) is 0 Å². The molecule has 0 aliphatic rings. The van der Waals surface area contributed by atoms with Gasteiger partial charge in [-0.1, -0.05) is 0 Å². The zero-order chi connectivity index (χ0) is 15.6. The van der Waals surface area contributed by atoms with E-state index in [2.05, 4.69) is 5.32 Å². The molecule has 1 unspecified atom stereocenters. The van der Waals surface area contributed by atoms with Gasteiger partial charge in [0.2, 0.25) is 0 Å². The maximum atomic E-state index is 13.2. The van der Waals surface area contributed by atoms with Crippen LogP contribution >= 0.6 is 11.3 Å². The first-order valence-electron chi connectivity index (χ1n) is 5.86. The van der Waals surface area contributed by atoms with Crippen molar-refractivity contribution < 1.29 is 18.5 Å². The second-order valence-corrected chi connectivity index (χ2v) is 5.07. The standard InChI is InChI=1S/C13H10F2N2O3S/c1-7(8-2-3-21-6-8)16-13(18)9-4-10(14)11(15)5-12(9)17(19)20/h2-7H,1H3,(H,16,18). The molecule has 1 aromatic heterocycles. The fourth-order valence-electron chi connectivity index (χ4n) is 1.75. The molecule has 1 aromatic carbocycles. The van der Waals surface area contributed by atoms with Crippen LogP contribution in [0.3, 0.4) is 0 Å². The maximum Gasteiger partial charge on any atom is 0.285 e. The van der Waals surface area contributed by atoms with E-state index in [1.54, 1.807) is 13.0 Å². The Kier molecular flexibility index (Phi) is 4.27. The quantitative estimate of drug-likeness (QED) is 0.694. The number of halogens is 2. The fourth-order valence-corrected chi connectivity index (χ4v) is 2.50. The molecular formula is C13H10F2N2O3S. The highest BCUT2D eigenvalue weighted by Gasteiger charge is 2.25. The number of amides is 1. The minimum absolute atomic E-state index is 0.402. The van der Waals surface area contributed by atoms with Crippen LogP contribution in [0.4, 0.5) is 14.5 Å². The molecule has 0 spiro atoms. The van der Waals surface area contributed by atoms with Gasteiger partial charge in [-0.25, -0.2) is 8.78 Å². The van der Waals surface area contributed by atoms with Gasteiger partial charge in [-0.3, -0.25) is 14.9 Å². The molecule has 21 heavy (non-hydrogen) atoms. The van der Waals surface area contributed by atoms with Crippen LogP contribution in [0.2, 0.25) is 0 Å². The number of nitrogens with one attached hydrogen (secondary N) is 1. The predicted molar refractivity (Wildman–Crippen MR) is 73.2 cm³/mol. The second kappa shape index (κ2) is 5.96. The first kappa shape index (κ1) is 15.0. The number of thiophene rings is 1. The molecule has 2 aromatic rings. The molecule has 0 saturated heterocycles. The number of nitrogens with zero attached hydrogens (tertiary/aromatic N) is 1. The van der Waals surface area contributed by atoms with Gasteiger partial charge < -0.3 is 5.32 Å². The van der Waals surface area contributed by atoms with Gasteiger partial charge in [0, 0.05) is 0 Å². The number of nitro groups is 1. The van der Waals surface area contributed by atoms with Crippen molar-refractivity contribution >= 4 is 22.9 Å². The third-order valence-corrected chi connectivity index (χ3v) is 3.57. The summed E-state index contributed by atoms with van der Waals surface area (Å²) < 4.78 is 26.3. The van der Waals surface area contributed by atoms with Crippen LogP contribution in [0, 0.1) is 21.7 Å². The third-order valence-electron chi connectivity index (χ3n) is 2.87. The first-order valence-corrected chi connectivity index (χ1v) is 6.81. The van der Waals surface area contributed by atoms with Gasteiger partial charge in [0.1, 0.15) is 5.56 Å². The van der Waals surface area contributed by atoms with E-state index < -0.39 is 39.8 Å². The van der Waals surface area contributed by atoms with Crippen LogP contribution in [-0.2, 0) is 0 Å².